The minimum absolute atomic E-state index is 0.0338. The zero-order valence-corrected chi connectivity index (χ0v) is 19.5. The number of carbonyl (C=O) groups excluding carboxylic acids is 1. The van der Waals surface area contributed by atoms with Crippen LogP contribution in [-0.4, -0.2) is 24.7 Å². The normalized spacial score (nSPS) is 30.6. The van der Waals surface area contributed by atoms with Crippen molar-refractivity contribution in [3.63, 3.8) is 0 Å². The number of benzene rings is 2. The molecule has 0 radical (unpaired) electrons. The molecule has 5 unspecified atom stereocenters. The van der Waals surface area contributed by atoms with E-state index in [-0.39, 0.29) is 12.5 Å². The molecule has 0 bridgehead atoms. The third-order valence-corrected chi connectivity index (χ3v) is 7.85. The number of hydrogen-bond acceptors (Lipinski definition) is 3. The van der Waals surface area contributed by atoms with Crippen molar-refractivity contribution in [2.45, 2.75) is 50.7 Å². The molecule has 0 heterocycles. The van der Waals surface area contributed by atoms with E-state index in [9.17, 15) is 4.79 Å². The minimum Gasteiger partial charge on any atom is -0.490 e. The summed E-state index contributed by atoms with van der Waals surface area (Å²) in [6, 6.07) is 15.0. The van der Waals surface area contributed by atoms with Gasteiger partial charge in [-0.05, 0) is 111 Å². The van der Waals surface area contributed by atoms with Crippen molar-refractivity contribution in [2.75, 3.05) is 6.61 Å². The Morgan fingerprint density at radius 1 is 0.875 bits per heavy atom. The number of rotatable bonds is 8. The van der Waals surface area contributed by atoms with E-state index in [2.05, 4.69) is 5.32 Å². The Morgan fingerprint density at radius 2 is 1.56 bits per heavy atom. The number of hydrogen-bond donors (Lipinski definition) is 1. The molecule has 3 aliphatic rings. The highest BCUT2D eigenvalue weighted by Crippen LogP contribution is 2.57. The lowest BCUT2D eigenvalue weighted by Crippen LogP contribution is -2.38. The lowest BCUT2D eigenvalue weighted by Gasteiger charge is -2.21. The first-order chi connectivity index (χ1) is 15.5. The molecular weight excluding hydrogens is 445 g/mol. The van der Waals surface area contributed by atoms with E-state index in [4.69, 9.17) is 32.7 Å². The number of fused-ring (bicyclic) bond motifs is 1. The first kappa shape index (κ1) is 21.9. The van der Waals surface area contributed by atoms with Crippen LogP contribution in [0.4, 0.5) is 0 Å². The van der Waals surface area contributed by atoms with E-state index in [0.717, 1.165) is 47.8 Å². The Morgan fingerprint density at radius 3 is 2.28 bits per heavy atom. The van der Waals surface area contributed by atoms with Gasteiger partial charge in [-0.15, -0.1) is 0 Å². The van der Waals surface area contributed by atoms with E-state index >= 15 is 0 Å². The van der Waals surface area contributed by atoms with Crippen LogP contribution in [-0.2, 0) is 4.79 Å². The molecule has 0 saturated heterocycles. The number of halogens is 2. The summed E-state index contributed by atoms with van der Waals surface area (Å²) in [7, 11) is 0. The molecule has 6 heteroatoms. The van der Waals surface area contributed by atoms with Gasteiger partial charge in [-0.2, -0.15) is 0 Å². The molecular formula is C26H29Cl2NO3. The van der Waals surface area contributed by atoms with Crippen LogP contribution in [0.25, 0.3) is 0 Å². The molecule has 170 valence electrons. The van der Waals surface area contributed by atoms with Crippen LogP contribution >= 0.6 is 23.2 Å². The molecule has 5 rings (SSSR count). The van der Waals surface area contributed by atoms with Crippen molar-refractivity contribution in [3.05, 3.63) is 58.6 Å². The van der Waals surface area contributed by atoms with Gasteiger partial charge in [0.25, 0.3) is 5.91 Å². The van der Waals surface area contributed by atoms with Gasteiger partial charge in [-0.1, -0.05) is 23.2 Å². The molecule has 4 nitrogen and oxygen atoms in total. The molecule has 32 heavy (non-hydrogen) atoms. The number of ether oxygens (including phenoxy) is 2. The molecule has 1 N–H and O–H groups in total. The van der Waals surface area contributed by atoms with Gasteiger partial charge >= 0.3 is 0 Å². The SMILES string of the molecule is O=C(COc1ccc(Cl)cc1)NC1C[C@@H](CC2CCC(Oc3ccc(Cl)cc3)C2)C2CC12. The van der Waals surface area contributed by atoms with Crippen molar-refractivity contribution in [1.82, 2.24) is 5.32 Å². The van der Waals surface area contributed by atoms with Crippen LogP contribution in [0, 0.1) is 23.7 Å². The minimum atomic E-state index is -0.0338. The Hall–Kier alpha value is -1.91. The zero-order valence-electron chi connectivity index (χ0n) is 18.0. The quantitative estimate of drug-likeness (QED) is 0.499. The number of nitrogens with one attached hydrogen (secondary N) is 1. The van der Waals surface area contributed by atoms with Gasteiger partial charge in [-0.3, -0.25) is 4.79 Å². The first-order valence-electron chi connectivity index (χ1n) is 11.6. The van der Waals surface area contributed by atoms with E-state index in [1.165, 1.54) is 19.3 Å². The van der Waals surface area contributed by atoms with Crippen LogP contribution in [0.5, 0.6) is 11.5 Å². The molecule has 0 aromatic heterocycles. The summed E-state index contributed by atoms with van der Waals surface area (Å²) in [5, 5.41) is 4.62. The van der Waals surface area contributed by atoms with Gasteiger partial charge in [0.2, 0.25) is 0 Å². The average Bonchev–Trinajstić information content (AvgIpc) is 3.36. The Labute approximate surface area is 199 Å². The maximum atomic E-state index is 12.4. The highest BCUT2D eigenvalue weighted by Gasteiger charge is 2.54. The van der Waals surface area contributed by atoms with Gasteiger partial charge in [0.1, 0.15) is 11.5 Å². The molecule has 3 saturated carbocycles. The molecule has 6 atom stereocenters. The van der Waals surface area contributed by atoms with E-state index in [1.807, 2.05) is 24.3 Å². The summed E-state index contributed by atoms with van der Waals surface area (Å²) >= 11 is 11.9. The molecule has 3 aliphatic carbocycles. The van der Waals surface area contributed by atoms with Crippen LogP contribution in [0.2, 0.25) is 10.0 Å². The summed E-state index contributed by atoms with van der Waals surface area (Å²) < 4.78 is 11.8. The Balaban J connectivity index is 1.05. The van der Waals surface area contributed by atoms with Crippen molar-refractivity contribution in [1.29, 1.82) is 0 Å². The lowest BCUT2D eigenvalue weighted by molar-refractivity contribution is -0.123. The van der Waals surface area contributed by atoms with Crippen LogP contribution < -0.4 is 14.8 Å². The number of amides is 1. The van der Waals surface area contributed by atoms with Gasteiger partial charge in [0, 0.05) is 16.1 Å². The Bertz CT molecular complexity index is 933. The molecule has 0 spiro atoms. The molecule has 1 amide bonds. The number of carbonyl (C=O) groups is 1. The summed E-state index contributed by atoms with van der Waals surface area (Å²) in [4.78, 5) is 12.4. The third-order valence-electron chi connectivity index (χ3n) is 7.35. The van der Waals surface area contributed by atoms with E-state index in [1.54, 1.807) is 24.3 Å². The standard InChI is InChI=1S/C26H29Cl2NO3/c27-18-2-7-20(8-3-18)31-15-26(30)29-25-13-17(23-14-24(23)25)11-16-1-6-22(12-16)32-21-9-4-19(28)5-10-21/h2-5,7-10,16-17,22-25H,1,6,11-15H2,(H,29,30)/t16?,17-,22?,23?,24?,25?/m1/s1. The van der Waals surface area contributed by atoms with Gasteiger partial charge in [0.15, 0.2) is 6.61 Å². The lowest BCUT2D eigenvalue weighted by atomic mass is 9.89. The van der Waals surface area contributed by atoms with Crippen molar-refractivity contribution in [2.24, 2.45) is 23.7 Å². The zero-order chi connectivity index (χ0) is 22.1. The molecule has 2 aromatic carbocycles. The second kappa shape index (κ2) is 9.52. The maximum Gasteiger partial charge on any atom is 0.258 e. The average molecular weight is 474 g/mol. The van der Waals surface area contributed by atoms with Crippen molar-refractivity contribution < 1.29 is 14.3 Å². The fraction of sp³-hybridized carbons (Fsp3) is 0.500. The van der Waals surface area contributed by atoms with E-state index in [0.29, 0.717) is 28.8 Å². The monoisotopic (exact) mass is 473 g/mol. The second-order valence-corrected chi connectivity index (χ2v) is 10.5. The van der Waals surface area contributed by atoms with Crippen molar-refractivity contribution >= 4 is 29.1 Å². The van der Waals surface area contributed by atoms with Gasteiger partial charge < -0.3 is 14.8 Å². The molecule has 2 aromatic rings. The summed E-state index contributed by atoms with van der Waals surface area (Å²) in [6.07, 6.45) is 7.40. The summed E-state index contributed by atoms with van der Waals surface area (Å²) in [5.74, 6) is 4.42. The predicted octanol–water partition coefficient (Wildman–Crippen LogP) is 6.15. The largest absolute Gasteiger partial charge is 0.490 e. The maximum absolute atomic E-state index is 12.4. The highest BCUT2D eigenvalue weighted by molar-refractivity contribution is 6.30. The molecule has 3 fully saturated rings. The fourth-order valence-corrected chi connectivity index (χ4v) is 6.02. The topological polar surface area (TPSA) is 47.6 Å². The predicted molar refractivity (Wildman–Crippen MR) is 126 cm³/mol. The second-order valence-electron chi connectivity index (χ2n) is 9.58. The van der Waals surface area contributed by atoms with Crippen LogP contribution in [0.1, 0.15) is 38.5 Å². The van der Waals surface area contributed by atoms with Crippen LogP contribution in [0.3, 0.4) is 0 Å². The van der Waals surface area contributed by atoms with Gasteiger partial charge in [-0.25, -0.2) is 0 Å². The first-order valence-corrected chi connectivity index (χ1v) is 12.4. The molecule has 0 aliphatic heterocycles. The third kappa shape index (κ3) is 5.35. The van der Waals surface area contributed by atoms with Gasteiger partial charge in [0.05, 0.1) is 6.10 Å². The summed E-state index contributed by atoms with van der Waals surface area (Å²) in [6.45, 7) is 0.0481. The summed E-state index contributed by atoms with van der Waals surface area (Å²) in [5.41, 5.74) is 0. The highest BCUT2D eigenvalue weighted by atomic mass is 35.5. The van der Waals surface area contributed by atoms with Crippen molar-refractivity contribution in [3.8, 4) is 11.5 Å². The smallest absolute Gasteiger partial charge is 0.258 e. The van der Waals surface area contributed by atoms with Crippen LogP contribution in [0.15, 0.2) is 48.5 Å². The van der Waals surface area contributed by atoms with E-state index < -0.39 is 0 Å². The Kier molecular flexibility index (Phi) is 6.52. The fourth-order valence-electron chi connectivity index (χ4n) is 5.77.